The number of pyridine rings is 1. The Labute approximate surface area is 200 Å². The smallest absolute Gasteiger partial charge is 0.422 e. The van der Waals surface area contributed by atoms with Gasteiger partial charge < -0.3 is 20.1 Å². The number of ether oxygens (including phenoxy) is 1. The first kappa shape index (κ1) is 26.6. The molecule has 1 aliphatic heterocycles. The van der Waals surface area contributed by atoms with E-state index < -0.39 is 40.7 Å². The van der Waals surface area contributed by atoms with Gasteiger partial charge in [-0.1, -0.05) is 0 Å². The summed E-state index contributed by atoms with van der Waals surface area (Å²) in [6, 6.07) is 3.59. The maximum Gasteiger partial charge on any atom is 0.422 e. The lowest BCUT2D eigenvalue weighted by Gasteiger charge is -2.35. The van der Waals surface area contributed by atoms with Crippen LogP contribution in [0.5, 0.6) is 5.75 Å². The number of aliphatic hydroxyl groups is 1. The number of carbonyl (C=O) groups excluding carboxylic acids is 1. The largest absolute Gasteiger partial charge is 0.483 e. The number of anilines is 1. The molecule has 0 spiro atoms. The van der Waals surface area contributed by atoms with Gasteiger partial charge in [-0.2, -0.15) is 17.5 Å². The van der Waals surface area contributed by atoms with Gasteiger partial charge in [-0.05, 0) is 18.2 Å². The first-order valence-corrected chi connectivity index (χ1v) is 12.2. The minimum Gasteiger partial charge on any atom is -0.483 e. The minimum absolute atomic E-state index is 0.0240. The number of nitrogens with zero attached hydrogens (tertiary/aromatic N) is 5. The third kappa shape index (κ3) is 8.00. The second-order valence-electron chi connectivity index (χ2n) is 7.76. The van der Waals surface area contributed by atoms with Crippen molar-refractivity contribution >= 4 is 22.3 Å². The van der Waals surface area contributed by atoms with Crippen LogP contribution < -0.4 is 15.0 Å². The minimum atomic E-state index is -4.45. The molecular weight excluding hydrogens is 493 g/mol. The number of rotatable bonds is 11. The summed E-state index contributed by atoms with van der Waals surface area (Å²) in [7, 11) is -3.78. The lowest BCUT2D eigenvalue weighted by atomic mass is 10.1. The van der Waals surface area contributed by atoms with E-state index in [1.165, 1.54) is 35.0 Å². The van der Waals surface area contributed by atoms with E-state index in [1.54, 1.807) is 11.0 Å². The number of nitrogens with one attached hydrogen (secondary N) is 1. The number of carbonyl (C=O) groups is 1. The summed E-state index contributed by atoms with van der Waals surface area (Å²) in [4.78, 5) is 24.8. The highest BCUT2D eigenvalue weighted by molar-refractivity contribution is 7.89. The Balaban J connectivity index is 1.54. The first-order chi connectivity index (χ1) is 16.6. The Morgan fingerprint density at radius 1 is 1.14 bits per heavy atom. The lowest BCUT2D eigenvalue weighted by Crippen LogP contribution is -2.51. The molecule has 1 saturated heterocycles. The molecule has 3 heterocycles. The molecular formula is C20H25F3N6O5S. The highest BCUT2D eigenvalue weighted by atomic mass is 32.2. The van der Waals surface area contributed by atoms with Gasteiger partial charge in [0, 0.05) is 51.0 Å². The van der Waals surface area contributed by atoms with Crippen LogP contribution in [-0.4, -0.2) is 89.9 Å². The summed E-state index contributed by atoms with van der Waals surface area (Å²) in [6.07, 6.45) is -1.24. The van der Waals surface area contributed by atoms with Crippen molar-refractivity contribution in [3.8, 4) is 5.75 Å². The maximum absolute atomic E-state index is 12.9. The third-order valence-electron chi connectivity index (χ3n) is 5.19. The van der Waals surface area contributed by atoms with E-state index >= 15 is 0 Å². The molecule has 0 bridgehead atoms. The molecule has 11 nitrogen and oxygen atoms in total. The quantitative estimate of drug-likeness (QED) is 0.407. The summed E-state index contributed by atoms with van der Waals surface area (Å²) in [6.45, 7) is -0.509. The monoisotopic (exact) mass is 518 g/mol. The van der Waals surface area contributed by atoms with Crippen molar-refractivity contribution in [1.29, 1.82) is 0 Å². The van der Waals surface area contributed by atoms with Crippen molar-refractivity contribution in [2.75, 3.05) is 43.4 Å². The average Bonchev–Trinajstić information content (AvgIpc) is 2.83. The molecule has 0 aromatic carbocycles. The van der Waals surface area contributed by atoms with Gasteiger partial charge in [-0.3, -0.25) is 4.79 Å². The van der Waals surface area contributed by atoms with E-state index in [2.05, 4.69) is 25.0 Å². The predicted molar refractivity (Wildman–Crippen MR) is 118 cm³/mol. The van der Waals surface area contributed by atoms with E-state index in [0.29, 0.717) is 25.3 Å². The maximum atomic E-state index is 12.9. The summed E-state index contributed by atoms with van der Waals surface area (Å²) < 4.78 is 68.6. The molecule has 0 radical (unpaired) electrons. The van der Waals surface area contributed by atoms with Crippen molar-refractivity contribution in [2.45, 2.75) is 24.7 Å². The van der Waals surface area contributed by atoms with Gasteiger partial charge in [-0.15, -0.1) is 0 Å². The molecule has 0 aliphatic carbocycles. The number of aliphatic hydroxyl groups excluding tert-OH is 1. The van der Waals surface area contributed by atoms with Crippen molar-refractivity contribution in [1.82, 2.24) is 24.6 Å². The van der Waals surface area contributed by atoms with Gasteiger partial charge in [0.25, 0.3) is 0 Å². The molecule has 35 heavy (non-hydrogen) atoms. The van der Waals surface area contributed by atoms with Gasteiger partial charge in [-0.25, -0.2) is 23.4 Å². The van der Waals surface area contributed by atoms with Gasteiger partial charge in [0.15, 0.2) is 12.4 Å². The van der Waals surface area contributed by atoms with E-state index in [9.17, 15) is 31.5 Å². The first-order valence-electron chi connectivity index (χ1n) is 10.6. The fourth-order valence-electron chi connectivity index (χ4n) is 3.50. The molecule has 2 atom stereocenters. The fraction of sp³-hybridized carbons (Fsp3) is 0.500. The molecule has 2 aromatic rings. The number of halogens is 3. The highest BCUT2D eigenvalue weighted by Crippen LogP contribution is 2.22. The van der Waals surface area contributed by atoms with E-state index in [4.69, 9.17) is 0 Å². The van der Waals surface area contributed by atoms with Gasteiger partial charge in [0.05, 0.1) is 11.9 Å². The second-order valence-corrected chi connectivity index (χ2v) is 9.77. The van der Waals surface area contributed by atoms with Crippen molar-refractivity contribution < 1.29 is 36.2 Å². The Morgan fingerprint density at radius 2 is 1.83 bits per heavy atom. The summed E-state index contributed by atoms with van der Waals surface area (Å²) in [5.41, 5.74) is 0. The number of alkyl halides is 3. The predicted octanol–water partition coefficient (Wildman–Crippen LogP) is 0.503. The zero-order chi connectivity index (χ0) is 25.5. The molecule has 15 heteroatoms. The Hall–Kier alpha value is -3.04. The summed E-state index contributed by atoms with van der Waals surface area (Å²) in [5, 5.41) is 12.7. The number of hydrogen-bond donors (Lipinski definition) is 2. The second kappa shape index (κ2) is 11.6. The number of aromatic nitrogens is 3. The van der Waals surface area contributed by atoms with Gasteiger partial charge in [0.1, 0.15) is 17.7 Å². The van der Waals surface area contributed by atoms with Crippen molar-refractivity contribution in [2.24, 2.45) is 0 Å². The molecule has 1 unspecified atom stereocenters. The number of amides is 1. The Kier molecular flexibility index (Phi) is 8.80. The Bertz CT molecular complexity index is 1050. The summed E-state index contributed by atoms with van der Waals surface area (Å²) in [5.74, 6) is 0.162. The number of sulfonamides is 1. The van der Waals surface area contributed by atoms with Crippen LogP contribution >= 0.6 is 0 Å². The SMILES string of the molecule is O=CN[C@@H](CC(O)c1ncccn1)CS(=O)(=O)N1CCN(c2ccc(OCC(F)(F)F)cn2)CC1. The Morgan fingerprint density at radius 3 is 2.40 bits per heavy atom. The van der Waals surface area contributed by atoms with Crippen LogP contribution in [0.2, 0.25) is 0 Å². The zero-order valence-corrected chi connectivity index (χ0v) is 19.3. The number of piperazine rings is 1. The van der Waals surface area contributed by atoms with E-state index in [-0.39, 0.29) is 31.1 Å². The molecule has 2 aromatic heterocycles. The third-order valence-corrected chi connectivity index (χ3v) is 7.16. The average molecular weight is 519 g/mol. The highest BCUT2D eigenvalue weighted by Gasteiger charge is 2.31. The lowest BCUT2D eigenvalue weighted by molar-refractivity contribution is -0.153. The van der Waals surface area contributed by atoms with Gasteiger partial charge in [0.2, 0.25) is 16.4 Å². The van der Waals surface area contributed by atoms with E-state index in [1.807, 2.05) is 0 Å². The topological polar surface area (TPSA) is 138 Å². The standard InChI is InChI=1S/C20H25F3N6O5S/c21-20(22,23)13-34-16-2-3-18(26-11-16)28-6-8-29(9-7-28)35(32,33)12-15(27-14-30)10-17(31)19-24-4-1-5-25-19/h1-5,11,14-15,17,31H,6-10,12-13H2,(H,27,30)/t15-,17?/m0/s1. The summed E-state index contributed by atoms with van der Waals surface area (Å²) >= 11 is 0. The van der Waals surface area contributed by atoms with Crippen LogP contribution in [0.3, 0.4) is 0 Å². The van der Waals surface area contributed by atoms with Gasteiger partial charge >= 0.3 is 6.18 Å². The molecule has 1 amide bonds. The van der Waals surface area contributed by atoms with Crippen molar-refractivity contribution in [3.63, 3.8) is 0 Å². The van der Waals surface area contributed by atoms with E-state index in [0.717, 1.165) is 0 Å². The van der Waals surface area contributed by atoms with Crippen LogP contribution in [0.4, 0.5) is 19.0 Å². The number of hydrogen-bond acceptors (Lipinski definition) is 9. The molecule has 192 valence electrons. The zero-order valence-electron chi connectivity index (χ0n) is 18.5. The van der Waals surface area contributed by atoms with Crippen LogP contribution in [-0.2, 0) is 14.8 Å². The molecule has 1 fully saturated rings. The molecule has 0 saturated carbocycles. The van der Waals surface area contributed by atoms with Crippen LogP contribution in [0, 0.1) is 0 Å². The molecule has 3 rings (SSSR count). The fourth-order valence-corrected chi connectivity index (χ4v) is 5.17. The van der Waals surface area contributed by atoms with Crippen LogP contribution in [0.1, 0.15) is 18.3 Å². The van der Waals surface area contributed by atoms with Crippen LogP contribution in [0.15, 0.2) is 36.8 Å². The van der Waals surface area contributed by atoms with Crippen molar-refractivity contribution in [3.05, 3.63) is 42.6 Å². The normalized spacial score (nSPS) is 17.0. The molecule has 1 aliphatic rings. The molecule has 2 N–H and O–H groups in total. The van der Waals surface area contributed by atoms with Crippen LogP contribution in [0.25, 0.3) is 0 Å².